The van der Waals surface area contributed by atoms with E-state index >= 15 is 0 Å². The van der Waals surface area contributed by atoms with E-state index in [-0.39, 0.29) is 12.0 Å². The van der Waals surface area contributed by atoms with Gasteiger partial charge in [0.05, 0.1) is 13.0 Å². The van der Waals surface area contributed by atoms with E-state index in [0.29, 0.717) is 11.3 Å². The van der Waals surface area contributed by atoms with Gasteiger partial charge in [0.25, 0.3) is 0 Å². The van der Waals surface area contributed by atoms with Gasteiger partial charge in [-0.1, -0.05) is 18.7 Å². The van der Waals surface area contributed by atoms with Gasteiger partial charge in [-0.05, 0) is 24.1 Å². The minimum absolute atomic E-state index is 0.0878. The lowest BCUT2D eigenvalue weighted by Crippen LogP contribution is -2.22. The molecule has 0 amide bonds. The summed E-state index contributed by atoms with van der Waals surface area (Å²) in [6.45, 7) is 3.30. The lowest BCUT2D eigenvalue weighted by Gasteiger charge is -2.12. The lowest BCUT2D eigenvalue weighted by atomic mass is 9.93. The number of aliphatic carboxylic acids is 2. The van der Waals surface area contributed by atoms with Crippen LogP contribution in [-0.4, -0.2) is 29.3 Å². The summed E-state index contributed by atoms with van der Waals surface area (Å²) in [6.07, 6.45) is 0.0878. The molecule has 0 aliphatic rings. The summed E-state index contributed by atoms with van der Waals surface area (Å²) in [7, 11) is 1.53. The number of benzene rings is 1. The van der Waals surface area contributed by atoms with Crippen molar-refractivity contribution in [1.82, 2.24) is 0 Å². The topological polar surface area (TPSA) is 83.8 Å². The zero-order chi connectivity index (χ0) is 13.7. The van der Waals surface area contributed by atoms with Gasteiger partial charge in [0, 0.05) is 5.57 Å². The Morgan fingerprint density at radius 1 is 1.28 bits per heavy atom. The van der Waals surface area contributed by atoms with Gasteiger partial charge in [0.2, 0.25) is 0 Å². The zero-order valence-electron chi connectivity index (χ0n) is 9.92. The Bertz CT molecular complexity index is 461. The van der Waals surface area contributed by atoms with Gasteiger partial charge >= 0.3 is 11.9 Å². The smallest absolute Gasteiger partial charge is 0.331 e. The first-order valence-electron chi connectivity index (χ1n) is 5.23. The summed E-state index contributed by atoms with van der Waals surface area (Å²) in [5.74, 6) is -2.97. The molecule has 1 rings (SSSR count). The summed E-state index contributed by atoms with van der Waals surface area (Å²) in [5, 5.41) is 17.8. The van der Waals surface area contributed by atoms with Gasteiger partial charge in [-0.25, -0.2) is 4.79 Å². The summed E-state index contributed by atoms with van der Waals surface area (Å²) >= 11 is 0. The Morgan fingerprint density at radius 2 is 1.83 bits per heavy atom. The monoisotopic (exact) mass is 250 g/mol. The molecule has 5 nitrogen and oxygen atoms in total. The van der Waals surface area contributed by atoms with Crippen LogP contribution in [0.15, 0.2) is 36.4 Å². The molecular weight excluding hydrogens is 236 g/mol. The molecule has 0 aliphatic carbocycles. The Balaban J connectivity index is 2.86. The highest BCUT2D eigenvalue weighted by Crippen LogP contribution is 2.19. The third kappa shape index (κ3) is 3.35. The van der Waals surface area contributed by atoms with Crippen LogP contribution in [0.5, 0.6) is 5.75 Å². The molecule has 0 radical (unpaired) electrons. The average Bonchev–Trinajstić information content (AvgIpc) is 2.35. The minimum atomic E-state index is -1.30. The number of hydrogen-bond donors (Lipinski definition) is 2. The molecule has 0 spiro atoms. The number of carbonyl (C=O) groups is 2. The second-order valence-corrected chi connectivity index (χ2v) is 3.77. The van der Waals surface area contributed by atoms with Crippen molar-refractivity contribution in [1.29, 1.82) is 0 Å². The summed E-state index contributed by atoms with van der Waals surface area (Å²) in [4.78, 5) is 21.8. The Hall–Kier alpha value is -2.30. The quantitative estimate of drug-likeness (QED) is 0.749. The molecule has 0 aromatic heterocycles. The molecule has 0 saturated heterocycles. The fourth-order valence-corrected chi connectivity index (χ4v) is 1.51. The Labute approximate surface area is 104 Å². The number of hydrogen-bond acceptors (Lipinski definition) is 3. The third-order valence-corrected chi connectivity index (χ3v) is 2.59. The molecule has 1 aromatic rings. The molecule has 18 heavy (non-hydrogen) atoms. The van der Waals surface area contributed by atoms with Crippen LogP contribution in [0, 0.1) is 5.92 Å². The molecule has 0 saturated carbocycles. The van der Waals surface area contributed by atoms with E-state index in [1.54, 1.807) is 24.3 Å². The Kier molecular flexibility index (Phi) is 4.48. The molecule has 0 bridgehead atoms. The maximum Gasteiger partial charge on any atom is 0.331 e. The van der Waals surface area contributed by atoms with Crippen LogP contribution in [0.2, 0.25) is 0 Å². The summed E-state index contributed by atoms with van der Waals surface area (Å²) in [5.41, 5.74) is 0.393. The summed E-state index contributed by atoms with van der Waals surface area (Å²) in [6, 6.07) is 6.78. The number of carboxylic acid groups (broad SMARTS) is 2. The van der Waals surface area contributed by atoms with E-state index in [1.165, 1.54) is 7.11 Å². The van der Waals surface area contributed by atoms with Gasteiger partial charge in [-0.15, -0.1) is 0 Å². The number of methoxy groups -OCH3 is 1. The van der Waals surface area contributed by atoms with Crippen molar-refractivity contribution in [3.63, 3.8) is 0 Å². The highest BCUT2D eigenvalue weighted by Gasteiger charge is 2.25. The predicted octanol–water partition coefficient (Wildman–Crippen LogP) is 1.58. The highest BCUT2D eigenvalue weighted by molar-refractivity contribution is 5.93. The van der Waals surface area contributed by atoms with Crippen LogP contribution in [0.3, 0.4) is 0 Å². The second kappa shape index (κ2) is 5.86. The number of ether oxygens (including phenoxy) is 1. The van der Waals surface area contributed by atoms with Gasteiger partial charge < -0.3 is 14.9 Å². The molecular formula is C13H14O5. The van der Waals surface area contributed by atoms with E-state index in [4.69, 9.17) is 14.9 Å². The number of carboxylic acids is 2. The fourth-order valence-electron chi connectivity index (χ4n) is 1.51. The Morgan fingerprint density at radius 3 is 2.22 bits per heavy atom. The van der Waals surface area contributed by atoms with Crippen LogP contribution in [-0.2, 0) is 16.0 Å². The molecule has 1 atom stereocenters. The highest BCUT2D eigenvalue weighted by atomic mass is 16.5. The first-order chi connectivity index (χ1) is 8.45. The van der Waals surface area contributed by atoms with Gasteiger partial charge in [0.15, 0.2) is 0 Å². The minimum Gasteiger partial charge on any atom is -0.497 e. The maximum absolute atomic E-state index is 11.0. The van der Waals surface area contributed by atoms with Crippen molar-refractivity contribution < 1.29 is 24.5 Å². The largest absolute Gasteiger partial charge is 0.497 e. The predicted molar refractivity (Wildman–Crippen MR) is 64.6 cm³/mol. The van der Waals surface area contributed by atoms with Gasteiger partial charge in [0.1, 0.15) is 5.75 Å². The van der Waals surface area contributed by atoms with E-state index in [9.17, 15) is 9.59 Å². The van der Waals surface area contributed by atoms with E-state index < -0.39 is 17.9 Å². The molecule has 2 N–H and O–H groups in total. The van der Waals surface area contributed by atoms with Crippen molar-refractivity contribution in [2.45, 2.75) is 6.42 Å². The van der Waals surface area contributed by atoms with Crippen LogP contribution < -0.4 is 4.74 Å². The number of rotatable bonds is 6. The van der Waals surface area contributed by atoms with Crippen LogP contribution in [0.4, 0.5) is 0 Å². The van der Waals surface area contributed by atoms with Crippen molar-refractivity contribution in [3.8, 4) is 5.75 Å². The average molecular weight is 250 g/mol. The normalized spacial score (nSPS) is 11.6. The van der Waals surface area contributed by atoms with Crippen molar-refractivity contribution in [2.24, 2.45) is 5.92 Å². The van der Waals surface area contributed by atoms with E-state index in [1.807, 2.05) is 0 Å². The molecule has 1 aromatic carbocycles. The van der Waals surface area contributed by atoms with Crippen molar-refractivity contribution in [2.75, 3.05) is 7.11 Å². The van der Waals surface area contributed by atoms with Crippen LogP contribution in [0.25, 0.3) is 0 Å². The van der Waals surface area contributed by atoms with E-state index in [0.717, 1.165) is 0 Å². The van der Waals surface area contributed by atoms with E-state index in [2.05, 4.69) is 6.58 Å². The lowest BCUT2D eigenvalue weighted by molar-refractivity contribution is -0.143. The molecule has 5 heteroatoms. The fraction of sp³-hybridized carbons (Fsp3) is 0.231. The van der Waals surface area contributed by atoms with Gasteiger partial charge in [-0.2, -0.15) is 0 Å². The second-order valence-electron chi connectivity index (χ2n) is 3.77. The van der Waals surface area contributed by atoms with Crippen LogP contribution >= 0.6 is 0 Å². The standard InChI is InChI=1S/C13H14O5/c1-8(12(14)15)11(13(16)17)7-9-3-5-10(18-2)6-4-9/h3-6,11H,1,7H2,2H3,(H,14,15)(H,16,17). The van der Waals surface area contributed by atoms with Gasteiger partial charge in [-0.3, -0.25) is 4.79 Å². The molecule has 96 valence electrons. The first-order valence-corrected chi connectivity index (χ1v) is 5.23. The first kappa shape index (κ1) is 13.8. The van der Waals surface area contributed by atoms with Crippen molar-refractivity contribution >= 4 is 11.9 Å². The zero-order valence-corrected chi connectivity index (χ0v) is 9.92. The third-order valence-electron chi connectivity index (χ3n) is 2.59. The van der Waals surface area contributed by atoms with Crippen LogP contribution in [0.1, 0.15) is 5.56 Å². The van der Waals surface area contributed by atoms with Crippen molar-refractivity contribution in [3.05, 3.63) is 42.0 Å². The molecule has 0 heterocycles. The molecule has 0 fully saturated rings. The molecule has 0 aliphatic heterocycles. The molecule has 1 unspecified atom stereocenters. The SMILES string of the molecule is C=C(C(=O)O)C(Cc1ccc(OC)cc1)C(=O)O. The summed E-state index contributed by atoms with van der Waals surface area (Å²) < 4.78 is 4.98. The maximum atomic E-state index is 11.0.